The molecule has 1 saturated heterocycles. The molecule has 1 heterocycles. The van der Waals surface area contributed by atoms with Gasteiger partial charge in [-0.2, -0.15) is 0 Å². The lowest BCUT2D eigenvalue weighted by Crippen LogP contribution is -2.53. The Bertz CT molecular complexity index is 650. The van der Waals surface area contributed by atoms with E-state index in [-0.39, 0.29) is 25.5 Å². The maximum Gasteiger partial charge on any atom is 0.305 e. The van der Waals surface area contributed by atoms with E-state index in [2.05, 4.69) is 10.6 Å². The second kappa shape index (κ2) is 7.44. The number of amides is 2. The third-order valence-corrected chi connectivity index (χ3v) is 4.18. The van der Waals surface area contributed by atoms with Crippen molar-refractivity contribution in [1.82, 2.24) is 10.6 Å². The number of aryl methyl sites for hydroxylation is 2. The SMILES string of the molecule is Cc1ccc(C(=O)NCC(=O)NC2(CC(=O)O)CCOC2)cc1C. The Labute approximate surface area is 140 Å². The predicted octanol–water partition coefficient (Wildman–Crippen LogP) is 0.783. The Balaban J connectivity index is 1.91. The van der Waals surface area contributed by atoms with Crippen LogP contribution in [0.2, 0.25) is 0 Å². The molecule has 0 radical (unpaired) electrons. The molecule has 7 heteroatoms. The van der Waals surface area contributed by atoms with Gasteiger partial charge in [0.05, 0.1) is 25.1 Å². The highest BCUT2D eigenvalue weighted by molar-refractivity contribution is 5.96. The third-order valence-electron chi connectivity index (χ3n) is 4.18. The number of nitrogens with one attached hydrogen (secondary N) is 2. The summed E-state index contributed by atoms with van der Waals surface area (Å²) < 4.78 is 5.22. The van der Waals surface area contributed by atoms with E-state index >= 15 is 0 Å². The summed E-state index contributed by atoms with van der Waals surface area (Å²) >= 11 is 0. The average molecular weight is 334 g/mol. The van der Waals surface area contributed by atoms with Crippen LogP contribution in [-0.2, 0) is 14.3 Å². The van der Waals surface area contributed by atoms with Crippen molar-refractivity contribution in [1.29, 1.82) is 0 Å². The summed E-state index contributed by atoms with van der Waals surface area (Å²) in [6.45, 7) is 4.22. The summed E-state index contributed by atoms with van der Waals surface area (Å²) in [7, 11) is 0. The van der Waals surface area contributed by atoms with Crippen molar-refractivity contribution >= 4 is 17.8 Å². The zero-order valence-electron chi connectivity index (χ0n) is 13.8. The molecule has 0 saturated carbocycles. The van der Waals surface area contributed by atoms with Crippen LogP contribution in [0.4, 0.5) is 0 Å². The molecule has 2 amide bonds. The number of benzene rings is 1. The van der Waals surface area contributed by atoms with Gasteiger partial charge in [-0.3, -0.25) is 14.4 Å². The van der Waals surface area contributed by atoms with Crippen molar-refractivity contribution in [2.45, 2.75) is 32.2 Å². The molecule has 3 N–H and O–H groups in total. The molecule has 0 aromatic heterocycles. The van der Waals surface area contributed by atoms with E-state index < -0.39 is 17.4 Å². The van der Waals surface area contributed by atoms with E-state index in [4.69, 9.17) is 9.84 Å². The first-order chi connectivity index (χ1) is 11.3. The van der Waals surface area contributed by atoms with Gasteiger partial charge in [0.25, 0.3) is 5.91 Å². The summed E-state index contributed by atoms with van der Waals surface area (Å²) in [6.07, 6.45) is 0.236. The van der Waals surface area contributed by atoms with Crippen molar-refractivity contribution in [3.63, 3.8) is 0 Å². The third kappa shape index (κ3) is 4.55. The highest BCUT2D eigenvalue weighted by atomic mass is 16.5. The van der Waals surface area contributed by atoms with Gasteiger partial charge in [-0.15, -0.1) is 0 Å². The fourth-order valence-corrected chi connectivity index (χ4v) is 2.66. The number of carboxylic acids is 1. The van der Waals surface area contributed by atoms with Gasteiger partial charge >= 0.3 is 5.97 Å². The molecule has 1 aliphatic heterocycles. The van der Waals surface area contributed by atoms with Crippen LogP contribution >= 0.6 is 0 Å². The van der Waals surface area contributed by atoms with Crippen molar-refractivity contribution in [2.24, 2.45) is 0 Å². The number of hydrogen-bond acceptors (Lipinski definition) is 4. The van der Waals surface area contributed by atoms with Crippen molar-refractivity contribution < 1.29 is 24.2 Å². The molecule has 1 fully saturated rings. The van der Waals surface area contributed by atoms with Crippen molar-refractivity contribution in [3.8, 4) is 0 Å². The van der Waals surface area contributed by atoms with Crippen LogP contribution in [0, 0.1) is 13.8 Å². The molecule has 2 rings (SSSR count). The minimum absolute atomic E-state index is 0.163. The first-order valence-electron chi connectivity index (χ1n) is 7.77. The Kier molecular flexibility index (Phi) is 5.56. The largest absolute Gasteiger partial charge is 0.481 e. The molecule has 1 atom stereocenters. The normalized spacial score (nSPS) is 19.8. The number of rotatable bonds is 6. The van der Waals surface area contributed by atoms with E-state index in [0.717, 1.165) is 11.1 Å². The van der Waals surface area contributed by atoms with Crippen LogP contribution in [0.25, 0.3) is 0 Å². The summed E-state index contributed by atoms with van der Waals surface area (Å²) in [5, 5.41) is 14.2. The van der Waals surface area contributed by atoms with E-state index in [1.165, 1.54) is 0 Å². The lowest BCUT2D eigenvalue weighted by atomic mass is 9.94. The Hall–Kier alpha value is -2.41. The van der Waals surface area contributed by atoms with Gasteiger partial charge in [0, 0.05) is 12.2 Å². The number of aliphatic carboxylic acids is 1. The molecule has 0 aliphatic carbocycles. The Morgan fingerprint density at radius 3 is 2.58 bits per heavy atom. The number of carbonyl (C=O) groups is 3. The molecular weight excluding hydrogens is 312 g/mol. The van der Waals surface area contributed by atoms with Gasteiger partial charge in [-0.05, 0) is 43.5 Å². The van der Waals surface area contributed by atoms with Crippen molar-refractivity contribution in [3.05, 3.63) is 34.9 Å². The second-order valence-corrected chi connectivity index (χ2v) is 6.18. The zero-order chi connectivity index (χ0) is 17.7. The fraction of sp³-hybridized carbons (Fsp3) is 0.471. The molecule has 1 unspecified atom stereocenters. The summed E-state index contributed by atoms with van der Waals surface area (Å²) in [4.78, 5) is 35.1. The van der Waals surface area contributed by atoms with Crippen LogP contribution in [0.5, 0.6) is 0 Å². The quantitative estimate of drug-likeness (QED) is 0.713. The molecule has 7 nitrogen and oxygen atoms in total. The lowest BCUT2D eigenvalue weighted by molar-refractivity contribution is -0.139. The topological polar surface area (TPSA) is 105 Å². The molecule has 0 spiro atoms. The zero-order valence-corrected chi connectivity index (χ0v) is 13.8. The van der Waals surface area contributed by atoms with E-state index in [9.17, 15) is 14.4 Å². The second-order valence-electron chi connectivity index (χ2n) is 6.18. The van der Waals surface area contributed by atoms with Crippen LogP contribution in [0.15, 0.2) is 18.2 Å². The lowest BCUT2D eigenvalue weighted by Gasteiger charge is -2.27. The smallest absolute Gasteiger partial charge is 0.305 e. The minimum atomic E-state index is -1.00. The van der Waals surface area contributed by atoms with Gasteiger partial charge < -0.3 is 20.5 Å². The van der Waals surface area contributed by atoms with E-state index in [0.29, 0.717) is 18.6 Å². The van der Waals surface area contributed by atoms with E-state index in [1.807, 2.05) is 19.9 Å². The number of carboxylic acid groups (broad SMARTS) is 1. The summed E-state index contributed by atoms with van der Waals surface area (Å²) in [6, 6.07) is 5.31. The summed E-state index contributed by atoms with van der Waals surface area (Å²) in [5.41, 5.74) is 1.67. The maximum atomic E-state index is 12.1. The van der Waals surface area contributed by atoms with Crippen molar-refractivity contribution in [2.75, 3.05) is 19.8 Å². The van der Waals surface area contributed by atoms with Crippen LogP contribution in [0.1, 0.15) is 34.3 Å². The van der Waals surface area contributed by atoms with Gasteiger partial charge in [0.2, 0.25) is 5.91 Å². The van der Waals surface area contributed by atoms with Crippen LogP contribution < -0.4 is 10.6 Å². The van der Waals surface area contributed by atoms with Crippen LogP contribution in [0.3, 0.4) is 0 Å². The molecule has 24 heavy (non-hydrogen) atoms. The van der Waals surface area contributed by atoms with Gasteiger partial charge in [0.15, 0.2) is 0 Å². The minimum Gasteiger partial charge on any atom is -0.481 e. The molecular formula is C17H22N2O5. The van der Waals surface area contributed by atoms with Gasteiger partial charge in [-0.1, -0.05) is 6.07 Å². The predicted molar refractivity (Wildman–Crippen MR) is 86.8 cm³/mol. The Morgan fingerprint density at radius 1 is 1.25 bits per heavy atom. The average Bonchev–Trinajstić information content (AvgIpc) is 2.94. The molecule has 130 valence electrons. The fourth-order valence-electron chi connectivity index (χ4n) is 2.66. The molecule has 1 aromatic carbocycles. The first kappa shape index (κ1) is 17.9. The summed E-state index contributed by atoms with van der Waals surface area (Å²) in [5.74, 6) is -1.78. The molecule has 1 aromatic rings. The van der Waals surface area contributed by atoms with Gasteiger partial charge in [0.1, 0.15) is 0 Å². The highest BCUT2D eigenvalue weighted by Gasteiger charge is 2.38. The Morgan fingerprint density at radius 2 is 2.00 bits per heavy atom. The maximum absolute atomic E-state index is 12.1. The van der Waals surface area contributed by atoms with E-state index in [1.54, 1.807) is 12.1 Å². The van der Waals surface area contributed by atoms with Crippen LogP contribution in [-0.4, -0.2) is 48.2 Å². The van der Waals surface area contributed by atoms with Gasteiger partial charge in [-0.25, -0.2) is 0 Å². The number of carbonyl (C=O) groups excluding carboxylic acids is 2. The standard InChI is InChI=1S/C17H22N2O5/c1-11-3-4-13(7-12(11)2)16(23)18-9-14(20)19-17(8-15(21)22)5-6-24-10-17/h3-4,7H,5-6,8-10H2,1-2H3,(H,18,23)(H,19,20)(H,21,22). The highest BCUT2D eigenvalue weighted by Crippen LogP contribution is 2.22. The molecule has 0 bridgehead atoms. The monoisotopic (exact) mass is 334 g/mol. The first-order valence-corrected chi connectivity index (χ1v) is 7.77. The number of hydrogen-bond donors (Lipinski definition) is 3. The molecule has 1 aliphatic rings. The number of ether oxygens (including phenoxy) is 1.